The number of nitrogens with zero attached hydrogens (tertiary/aromatic N) is 2. The zero-order valence-corrected chi connectivity index (χ0v) is 10.3. The van der Waals surface area contributed by atoms with Crippen molar-refractivity contribution in [2.24, 2.45) is 10.2 Å². The molecule has 0 heterocycles. The van der Waals surface area contributed by atoms with E-state index in [1.165, 1.54) is 17.5 Å². The second-order valence-corrected chi connectivity index (χ2v) is 1.07. The Labute approximate surface area is 102 Å². The molecule has 0 amide bonds. The van der Waals surface area contributed by atoms with Gasteiger partial charge in [-0.05, 0) is 17.2 Å². The maximum atomic E-state index is 9.41. The molecule has 6 nitrogen and oxygen atoms in total. The molecule has 0 aliphatic heterocycles. The van der Waals surface area contributed by atoms with E-state index >= 15 is 0 Å². The minimum Gasteiger partial charge on any atom is -0.602 e. The van der Waals surface area contributed by atoms with Gasteiger partial charge in [-0.3, -0.25) is 0 Å². The Morgan fingerprint density at radius 3 is 1.60 bits per heavy atom. The van der Waals surface area contributed by atoms with E-state index in [4.69, 9.17) is 0 Å². The summed E-state index contributed by atoms with van der Waals surface area (Å²) >= 11 is 0. The summed E-state index contributed by atoms with van der Waals surface area (Å²) in [6, 6.07) is 0. The maximum Gasteiger partial charge on any atom is 1.00 e. The van der Waals surface area contributed by atoms with Gasteiger partial charge in [-0.1, -0.05) is 0 Å². The summed E-state index contributed by atoms with van der Waals surface area (Å²) in [4.78, 5) is 0. The van der Waals surface area contributed by atoms with Crippen molar-refractivity contribution in [2.75, 3.05) is 0 Å². The molecule has 0 bridgehead atoms. The van der Waals surface area contributed by atoms with Crippen molar-refractivity contribution in [3.63, 3.8) is 0 Å². The van der Waals surface area contributed by atoms with Crippen molar-refractivity contribution in [1.82, 2.24) is 0 Å². The van der Waals surface area contributed by atoms with Gasteiger partial charge in [0.25, 0.3) is 6.17 Å². The van der Waals surface area contributed by atoms with Crippen molar-refractivity contribution >= 4 is 0 Å². The molecule has 0 atom stereocenters. The monoisotopic (exact) mass is 164 g/mol. The summed E-state index contributed by atoms with van der Waals surface area (Å²) in [7, 11) is 0. The van der Waals surface area contributed by atoms with Gasteiger partial charge in [0.1, 0.15) is 0 Å². The van der Waals surface area contributed by atoms with Crippen LogP contribution in [-0.4, -0.2) is 6.17 Å². The van der Waals surface area contributed by atoms with E-state index in [0.717, 1.165) is 0 Å². The van der Waals surface area contributed by atoms with E-state index in [2.05, 4.69) is 10.2 Å². The normalized spacial score (nSPS) is 9.80. The molecule has 0 aliphatic rings. The SMILES string of the molecule is CC(/N=[NH+]/[O-])/N=[NH+]/[O-].[Na+].[Na+]. The molecule has 0 unspecified atom stereocenters. The number of hydrogen-bond acceptors (Lipinski definition) is 4. The van der Waals surface area contributed by atoms with E-state index in [0.29, 0.717) is 0 Å². The fraction of sp³-hybridized carbons (Fsp3) is 1.00. The second kappa shape index (κ2) is 12.5. The third-order valence-electron chi connectivity index (χ3n) is 0.479. The van der Waals surface area contributed by atoms with Gasteiger partial charge in [-0.15, -0.1) is 10.6 Å². The Kier molecular flexibility index (Phi) is 21.3. The van der Waals surface area contributed by atoms with Gasteiger partial charge in [0.2, 0.25) is 0 Å². The zero-order valence-electron chi connectivity index (χ0n) is 6.29. The molecule has 0 aromatic heterocycles. The summed E-state index contributed by atoms with van der Waals surface area (Å²) in [6.07, 6.45) is -0.634. The van der Waals surface area contributed by atoms with Gasteiger partial charge in [0.05, 0.1) is 0 Å². The van der Waals surface area contributed by atoms with Crippen LogP contribution in [0, 0.1) is 10.4 Å². The van der Waals surface area contributed by atoms with Crippen LogP contribution in [0.3, 0.4) is 0 Å². The van der Waals surface area contributed by atoms with Gasteiger partial charge in [-0.25, -0.2) is 0 Å². The first-order valence-electron chi connectivity index (χ1n) is 1.95. The van der Waals surface area contributed by atoms with Crippen molar-refractivity contribution in [3.05, 3.63) is 10.4 Å². The first-order valence-corrected chi connectivity index (χ1v) is 1.95. The molecular weight excluding hydrogens is 158 g/mol. The average Bonchev–Trinajstić information content (AvgIpc) is 1.68. The largest absolute Gasteiger partial charge is 1.00 e. The first-order chi connectivity index (χ1) is 3.81. The minimum atomic E-state index is -0.634. The third kappa shape index (κ3) is 11.6. The molecule has 2 N–H and O–H groups in total. The van der Waals surface area contributed by atoms with Crippen LogP contribution in [0.15, 0.2) is 10.2 Å². The van der Waals surface area contributed by atoms with Crippen molar-refractivity contribution in [1.29, 1.82) is 0 Å². The maximum absolute atomic E-state index is 9.41. The third-order valence-corrected chi connectivity index (χ3v) is 0.479. The van der Waals surface area contributed by atoms with Gasteiger partial charge in [0, 0.05) is 0 Å². The fourth-order valence-corrected chi connectivity index (χ4v) is 0.181. The zero-order chi connectivity index (χ0) is 6.41. The quantitative estimate of drug-likeness (QED) is 0.240. The van der Waals surface area contributed by atoms with Crippen LogP contribution in [0.2, 0.25) is 0 Å². The number of nitrogens with one attached hydrogen (secondary N) is 2. The van der Waals surface area contributed by atoms with Crippen molar-refractivity contribution in [2.45, 2.75) is 13.1 Å². The summed E-state index contributed by atoms with van der Waals surface area (Å²) in [6.45, 7) is 1.48. The van der Waals surface area contributed by atoms with E-state index < -0.39 is 6.17 Å². The molecule has 0 saturated heterocycles. The molecule has 0 aromatic carbocycles. The van der Waals surface area contributed by atoms with Crippen LogP contribution in [0.1, 0.15) is 6.92 Å². The molecule has 0 saturated carbocycles. The van der Waals surface area contributed by atoms with Crippen LogP contribution in [0.5, 0.6) is 0 Å². The van der Waals surface area contributed by atoms with Crippen molar-refractivity contribution in [3.8, 4) is 0 Å². The van der Waals surface area contributed by atoms with E-state index in [1.807, 2.05) is 0 Å². The first kappa shape index (κ1) is 17.0. The Hall–Kier alpha value is 0.800. The topological polar surface area (TPSA) is 98.8 Å². The summed E-state index contributed by atoms with van der Waals surface area (Å²) in [5.74, 6) is 0. The van der Waals surface area contributed by atoms with Crippen LogP contribution in [-0.2, 0) is 0 Å². The molecule has 0 radical (unpaired) electrons. The molecule has 0 spiro atoms. The fourth-order valence-electron chi connectivity index (χ4n) is 0.181. The predicted octanol–water partition coefficient (Wildman–Crippen LogP) is -8.60. The van der Waals surface area contributed by atoms with Gasteiger partial charge < -0.3 is 10.4 Å². The standard InChI is InChI=1S/C2H6N4O2.2Na/c1-2(3-5-7)4-6-8;;/h2,5-6H,1H3;;/q;2*+1. The molecule has 10 heavy (non-hydrogen) atoms. The summed E-state index contributed by atoms with van der Waals surface area (Å²) in [5, 5.41) is 27.5. The van der Waals surface area contributed by atoms with Gasteiger partial charge in [-0.2, -0.15) is 0 Å². The molecule has 0 fully saturated rings. The summed E-state index contributed by atoms with van der Waals surface area (Å²) in [5.41, 5.74) is 0. The second-order valence-electron chi connectivity index (χ2n) is 1.07. The minimum absolute atomic E-state index is 0. The predicted molar refractivity (Wildman–Crippen MR) is 23.0 cm³/mol. The van der Waals surface area contributed by atoms with E-state index in [1.54, 1.807) is 0 Å². The van der Waals surface area contributed by atoms with Crippen molar-refractivity contribution < 1.29 is 69.7 Å². The Morgan fingerprint density at radius 2 is 1.40 bits per heavy atom. The molecule has 0 aromatic rings. The van der Waals surface area contributed by atoms with Gasteiger partial charge in [0.15, 0.2) is 0 Å². The number of hydrogen-bond donors (Lipinski definition) is 2. The number of rotatable bonds is 2. The van der Waals surface area contributed by atoms with Crippen LogP contribution in [0.25, 0.3) is 0 Å². The molecule has 0 rings (SSSR count). The Bertz CT molecular complexity index is 95.4. The van der Waals surface area contributed by atoms with Crippen LogP contribution in [0.4, 0.5) is 0 Å². The van der Waals surface area contributed by atoms with Crippen LogP contribution < -0.4 is 69.7 Å². The molecular formula is C2H6N4Na2O2+2. The Balaban J connectivity index is -0.000000245. The Morgan fingerprint density at radius 1 is 1.10 bits per heavy atom. The van der Waals surface area contributed by atoms with E-state index in [9.17, 15) is 10.4 Å². The van der Waals surface area contributed by atoms with Crippen LogP contribution >= 0.6 is 0 Å². The average molecular weight is 164 g/mol. The summed E-state index contributed by atoms with van der Waals surface area (Å²) < 4.78 is 0. The molecule has 8 heteroatoms. The van der Waals surface area contributed by atoms with E-state index in [-0.39, 0.29) is 59.1 Å². The molecule has 0 aliphatic carbocycles. The van der Waals surface area contributed by atoms with Gasteiger partial charge >= 0.3 is 59.1 Å². The smallest absolute Gasteiger partial charge is 0.602 e. The molecule has 46 valence electrons.